The van der Waals surface area contributed by atoms with E-state index in [0.717, 1.165) is 13.0 Å². The van der Waals surface area contributed by atoms with Gasteiger partial charge in [0.15, 0.2) is 0 Å². The van der Waals surface area contributed by atoms with Crippen LogP contribution < -0.4 is 4.90 Å². The van der Waals surface area contributed by atoms with Gasteiger partial charge in [-0.25, -0.2) is 0 Å². The summed E-state index contributed by atoms with van der Waals surface area (Å²) in [6.07, 6.45) is 1.14. The van der Waals surface area contributed by atoms with Crippen LogP contribution in [0.25, 0.3) is 0 Å². The van der Waals surface area contributed by atoms with Gasteiger partial charge in [0.25, 0.3) is 0 Å². The van der Waals surface area contributed by atoms with Crippen LogP contribution >= 0.6 is 0 Å². The van der Waals surface area contributed by atoms with Gasteiger partial charge >= 0.3 is 0 Å². The molecule has 0 saturated carbocycles. The van der Waals surface area contributed by atoms with Gasteiger partial charge in [-0.2, -0.15) is 5.26 Å². The van der Waals surface area contributed by atoms with Crippen LogP contribution in [0.3, 0.4) is 0 Å². The van der Waals surface area contributed by atoms with Crippen molar-refractivity contribution < 1.29 is 0 Å². The normalized spacial score (nSPS) is 9.31. The summed E-state index contributed by atoms with van der Waals surface area (Å²) in [4.78, 5) is 2.18. The van der Waals surface area contributed by atoms with Crippen molar-refractivity contribution in [3.05, 3.63) is 29.8 Å². The number of benzene rings is 1. The Morgan fingerprint density at radius 3 is 2.38 bits per heavy atom. The minimum absolute atomic E-state index is 0.716. The minimum atomic E-state index is 0.716. The molecule has 0 aliphatic rings. The van der Waals surface area contributed by atoms with Crippen molar-refractivity contribution >= 4 is 5.69 Å². The van der Waals surface area contributed by atoms with Crippen LogP contribution in [0, 0.1) is 11.3 Å². The molecule has 2 nitrogen and oxygen atoms in total. The fourth-order valence-electron chi connectivity index (χ4n) is 1.25. The van der Waals surface area contributed by atoms with Crippen LogP contribution in [0.5, 0.6) is 0 Å². The van der Waals surface area contributed by atoms with Crippen LogP contribution in [0.15, 0.2) is 24.3 Å². The maximum absolute atomic E-state index is 8.61. The Bertz CT molecular complexity index is 295. The first kappa shape index (κ1) is 9.60. The molecule has 0 unspecified atom stereocenters. The van der Waals surface area contributed by atoms with E-state index in [1.807, 2.05) is 24.3 Å². The summed E-state index contributed by atoms with van der Waals surface area (Å²) in [5, 5.41) is 8.61. The van der Waals surface area contributed by atoms with Crippen LogP contribution in [0.1, 0.15) is 18.9 Å². The zero-order valence-corrected chi connectivity index (χ0v) is 8.12. The third kappa shape index (κ3) is 2.48. The molecule has 1 rings (SSSR count). The molecule has 0 aliphatic heterocycles. The molecular weight excluding hydrogens is 160 g/mol. The van der Waals surface area contributed by atoms with E-state index >= 15 is 0 Å². The summed E-state index contributed by atoms with van der Waals surface area (Å²) in [6, 6.07) is 9.76. The molecule has 0 amide bonds. The van der Waals surface area contributed by atoms with Crippen molar-refractivity contribution in [3.8, 4) is 6.07 Å². The minimum Gasteiger partial charge on any atom is -0.375 e. The van der Waals surface area contributed by atoms with Crippen molar-refractivity contribution in [2.75, 3.05) is 18.5 Å². The zero-order valence-electron chi connectivity index (χ0n) is 8.12. The lowest BCUT2D eigenvalue weighted by Gasteiger charge is -2.17. The van der Waals surface area contributed by atoms with Gasteiger partial charge < -0.3 is 4.90 Å². The van der Waals surface area contributed by atoms with Crippen molar-refractivity contribution in [3.63, 3.8) is 0 Å². The van der Waals surface area contributed by atoms with Crippen molar-refractivity contribution in [2.45, 2.75) is 13.3 Å². The van der Waals surface area contributed by atoms with Crippen LogP contribution in [-0.2, 0) is 0 Å². The van der Waals surface area contributed by atoms with Gasteiger partial charge in [-0.1, -0.05) is 6.92 Å². The van der Waals surface area contributed by atoms with Gasteiger partial charge in [-0.3, -0.25) is 0 Å². The predicted octanol–water partition coefficient (Wildman–Crippen LogP) is 2.40. The van der Waals surface area contributed by atoms with Crippen molar-refractivity contribution in [1.29, 1.82) is 5.26 Å². The highest BCUT2D eigenvalue weighted by Crippen LogP contribution is 2.13. The second-order valence-corrected chi connectivity index (χ2v) is 3.08. The van der Waals surface area contributed by atoms with Crippen LogP contribution in [-0.4, -0.2) is 13.6 Å². The molecular formula is C11H14N2. The first-order valence-electron chi connectivity index (χ1n) is 4.49. The third-order valence-corrected chi connectivity index (χ3v) is 2.00. The Balaban J connectivity index is 2.75. The Kier molecular flexibility index (Phi) is 3.33. The molecule has 13 heavy (non-hydrogen) atoms. The number of anilines is 1. The van der Waals surface area contributed by atoms with Crippen molar-refractivity contribution in [1.82, 2.24) is 0 Å². The van der Waals surface area contributed by atoms with E-state index in [4.69, 9.17) is 5.26 Å². The van der Waals surface area contributed by atoms with Crippen LogP contribution in [0.2, 0.25) is 0 Å². The van der Waals surface area contributed by atoms with Gasteiger partial charge in [0.1, 0.15) is 0 Å². The molecule has 0 spiro atoms. The van der Waals surface area contributed by atoms with Crippen molar-refractivity contribution in [2.24, 2.45) is 0 Å². The summed E-state index contributed by atoms with van der Waals surface area (Å²) in [5.74, 6) is 0. The summed E-state index contributed by atoms with van der Waals surface area (Å²) < 4.78 is 0. The van der Waals surface area contributed by atoms with E-state index in [-0.39, 0.29) is 0 Å². The van der Waals surface area contributed by atoms with Gasteiger partial charge in [-0.15, -0.1) is 0 Å². The smallest absolute Gasteiger partial charge is 0.0991 e. The summed E-state index contributed by atoms with van der Waals surface area (Å²) in [5.41, 5.74) is 1.88. The van der Waals surface area contributed by atoms with Gasteiger partial charge in [0.05, 0.1) is 11.6 Å². The number of nitriles is 1. The Labute approximate surface area is 79.4 Å². The molecule has 0 atom stereocenters. The molecule has 1 aromatic rings. The highest BCUT2D eigenvalue weighted by Gasteiger charge is 1.98. The molecule has 0 fully saturated rings. The van der Waals surface area contributed by atoms with E-state index in [9.17, 15) is 0 Å². The lowest BCUT2D eigenvalue weighted by Crippen LogP contribution is -2.17. The fourth-order valence-corrected chi connectivity index (χ4v) is 1.25. The summed E-state index contributed by atoms with van der Waals surface area (Å²) >= 11 is 0. The number of hydrogen-bond acceptors (Lipinski definition) is 2. The molecule has 0 aliphatic carbocycles. The summed E-state index contributed by atoms with van der Waals surface area (Å²) in [6.45, 7) is 3.20. The molecule has 0 saturated heterocycles. The lowest BCUT2D eigenvalue weighted by molar-refractivity contribution is 0.852. The summed E-state index contributed by atoms with van der Waals surface area (Å²) in [7, 11) is 2.06. The van der Waals surface area contributed by atoms with E-state index in [2.05, 4.69) is 24.9 Å². The highest BCUT2D eigenvalue weighted by molar-refractivity contribution is 5.48. The Morgan fingerprint density at radius 2 is 1.92 bits per heavy atom. The standard InChI is InChI=1S/C11H14N2/c1-3-8-13(2)11-6-4-10(9-12)5-7-11/h4-7H,3,8H2,1-2H3. The van der Waals surface area contributed by atoms with Gasteiger partial charge in [0, 0.05) is 19.3 Å². The zero-order chi connectivity index (χ0) is 9.68. The molecule has 0 radical (unpaired) electrons. The molecule has 0 N–H and O–H groups in total. The number of hydrogen-bond donors (Lipinski definition) is 0. The number of rotatable bonds is 3. The van der Waals surface area contributed by atoms with E-state index < -0.39 is 0 Å². The second kappa shape index (κ2) is 4.51. The highest BCUT2D eigenvalue weighted by atomic mass is 15.1. The third-order valence-electron chi connectivity index (χ3n) is 2.00. The predicted molar refractivity (Wildman–Crippen MR) is 54.7 cm³/mol. The quantitative estimate of drug-likeness (QED) is 0.703. The van der Waals surface area contributed by atoms with E-state index in [1.165, 1.54) is 5.69 Å². The Hall–Kier alpha value is -1.49. The maximum Gasteiger partial charge on any atom is 0.0991 e. The van der Waals surface area contributed by atoms with E-state index in [1.54, 1.807) is 0 Å². The second-order valence-electron chi connectivity index (χ2n) is 3.08. The average Bonchev–Trinajstić information content (AvgIpc) is 2.18. The molecule has 2 heteroatoms. The molecule has 0 heterocycles. The maximum atomic E-state index is 8.61. The monoisotopic (exact) mass is 174 g/mol. The first-order chi connectivity index (χ1) is 6.27. The number of nitrogens with zero attached hydrogens (tertiary/aromatic N) is 2. The van der Waals surface area contributed by atoms with Gasteiger partial charge in [0.2, 0.25) is 0 Å². The molecule has 1 aromatic carbocycles. The van der Waals surface area contributed by atoms with Crippen LogP contribution in [0.4, 0.5) is 5.69 Å². The Morgan fingerprint density at radius 1 is 1.31 bits per heavy atom. The lowest BCUT2D eigenvalue weighted by atomic mass is 10.2. The average molecular weight is 174 g/mol. The molecule has 0 bridgehead atoms. The largest absolute Gasteiger partial charge is 0.375 e. The molecule has 0 aromatic heterocycles. The SMILES string of the molecule is CCCN(C)c1ccc(C#N)cc1. The first-order valence-corrected chi connectivity index (χ1v) is 4.49. The fraction of sp³-hybridized carbons (Fsp3) is 0.364. The topological polar surface area (TPSA) is 27.0 Å². The van der Waals surface area contributed by atoms with Gasteiger partial charge in [-0.05, 0) is 30.7 Å². The molecule has 68 valence electrons. The van der Waals surface area contributed by atoms with E-state index in [0.29, 0.717) is 5.56 Å².